The molecular formula is C16H26IN3O. The highest BCUT2D eigenvalue weighted by atomic mass is 127. The quantitative estimate of drug-likeness (QED) is 0.477. The molecule has 0 aromatic heterocycles. The zero-order chi connectivity index (χ0) is 14.2. The Kier molecular flexibility index (Phi) is 8.68. The highest BCUT2D eigenvalue weighted by Gasteiger charge is 2.13. The molecule has 1 aromatic rings. The molecule has 118 valence electrons. The van der Waals surface area contributed by atoms with Gasteiger partial charge in [-0.2, -0.15) is 0 Å². The lowest BCUT2D eigenvalue weighted by molar-refractivity contribution is 0.110. The summed E-state index contributed by atoms with van der Waals surface area (Å²) in [7, 11) is 1.72. The predicted octanol–water partition coefficient (Wildman–Crippen LogP) is 3.18. The molecule has 0 radical (unpaired) electrons. The van der Waals surface area contributed by atoms with E-state index in [2.05, 4.69) is 22.0 Å². The van der Waals surface area contributed by atoms with Gasteiger partial charge in [0, 0.05) is 20.2 Å². The summed E-state index contributed by atoms with van der Waals surface area (Å²) in [4.78, 5) is 6.73. The van der Waals surface area contributed by atoms with Crippen LogP contribution in [-0.4, -0.2) is 37.6 Å². The summed E-state index contributed by atoms with van der Waals surface area (Å²) in [6.07, 6.45) is 5.00. The normalized spacial score (nSPS) is 17.8. The number of ether oxygens (including phenoxy) is 1. The third kappa shape index (κ3) is 5.82. The van der Waals surface area contributed by atoms with Crippen LogP contribution in [-0.2, 0) is 4.74 Å². The second kappa shape index (κ2) is 10.00. The monoisotopic (exact) mass is 403 g/mol. The van der Waals surface area contributed by atoms with Gasteiger partial charge in [0.15, 0.2) is 5.96 Å². The summed E-state index contributed by atoms with van der Waals surface area (Å²) < 4.78 is 5.52. The third-order valence-electron chi connectivity index (χ3n) is 3.81. The maximum Gasteiger partial charge on any atom is 0.191 e. The van der Waals surface area contributed by atoms with Gasteiger partial charge in [0.25, 0.3) is 0 Å². The van der Waals surface area contributed by atoms with Crippen molar-refractivity contribution in [1.82, 2.24) is 4.90 Å². The van der Waals surface area contributed by atoms with Crippen LogP contribution < -0.4 is 5.73 Å². The SMILES string of the molecule is COC(CN=C(N)N1CCCCCC1)c1ccccc1.I. The highest BCUT2D eigenvalue weighted by Crippen LogP contribution is 2.16. The Bertz CT molecular complexity index is 417. The van der Waals surface area contributed by atoms with Gasteiger partial charge in [-0.3, -0.25) is 4.99 Å². The largest absolute Gasteiger partial charge is 0.375 e. The molecule has 21 heavy (non-hydrogen) atoms. The Labute approximate surface area is 144 Å². The van der Waals surface area contributed by atoms with Crippen molar-refractivity contribution < 1.29 is 4.74 Å². The average molecular weight is 403 g/mol. The lowest BCUT2D eigenvalue weighted by atomic mass is 10.1. The van der Waals surface area contributed by atoms with Crippen LogP contribution in [0.25, 0.3) is 0 Å². The fourth-order valence-electron chi connectivity index (χ4n) is 2.56. The minimum Gasteiger partial charge on any atom is -0.375 e. The van der Waals surface area contributed by atoms with E-state index >= 15 is 0 Å². The molecule has 1 saturated heterocycles. The van der Waals surface area contributed by atoms with E-state index in [0.29, 0.717) is 12.5 Å². The van der Waals surface area contributed by atoms with Crippen LogP contribution in [0.3, 0.4) is 0 Å². The molecule has 2 N–H and O–H groups in total. The highest BCUT2D eigenvalue weighted by molar-refractivity contribution is 14.0. The first kappa shape index (κ1) is 18.2. The van der Waals surface area contributed by atoms with E-state index in [1.54, 1.807) is 7.11 Å². The van der Waals surface area contributed by atoms with E-state index in [4.69, 9.17) is 10.5 Å². The molecule has 1 unspecified atom stereocenters. The molecule has 1 aromatic carbocycles. The van der Waals surface area contributed by atoms with Crippen molar-refractivity contribution in [2.45, 2.75) is 31.8 Å². The number of likely N-dealkylation sites (tertiary alicyclic amines) is 1. The first-order valence-corrected chi connectivity index (χ1v) is 7.44. The van der Waals surface area contributed by atoms with Crippen LogP contribution >= 0.6 is 24.0 Å². The molecule has 1 aliphatic heterocycles. The minimum atomic E-state index is -0.0262. The number of methoxy groups -OCH3 is 1. The molecule has 1 heterocycles. The van der Waals surface area contributed by atoms with Gasteiger partial charge >= 0.3 is 0 Å². The first-order valence-electron chi connectivity index (χ1n) is 7.44. The minimum absolute atomic E-state index is 0. The van der Waals surface area contributed by atoms with Gasteiger partial charge in [0.05, 0.1) is 6.54 Å². The van der Waals surface area contributed by atoms with Gasteiger partial charge in [-0.15, -0.1) is 24.0 Å². The van der Waals surface area contributed by atoms with E-state index in [1.807, 2.05) is 18.2 Å². The van der Waals surface area contributed by atoms with Crippen molar-refractivity contribution in [3.05, 3.63) is 35.9 Å². The molecule has 1 aliphatic rings. The van der Waals surface area contributed by atoms with Crippen molar-refractivity contribution in [3.63, 3.8) is 0 Å². The predicted molar refractivity (Wildman–Crippen MR) is 98.1 cm³/mol. The molecule has 1 atom stereocenters. The maximum absolute atomic E-state index is 6.12. The van der Waals surface area contributed by atoms with E-state index in [-0.39, 0.29) is 30.1 Å². The van der Waals surface area contributed by atoms with Crippen LogP contribution in [0, 0.1) is 0 Å². The standard InChI is InChI=1S/C16H25N3O.HI/c1-20-15(14-9-5-4-6-10-14)13-18-16(17)19-11-7-2-3-8-12-19;/h4-6,9-10,15H,2-3,7-8,11-13H2,1H3,(H2,17,18);1H. The maximum atomic E-state index is 6.12. The van der Waals surface area contributed by atoms with Crippen LogP contribution in [0.15, 0.2) is 35.3 Å². The van der Waals surface area contributed by atoms with Gasteiger partial charge < -0.3 is 15.4 Å². The summed E-state index contributed by atoms with van der Waals surface area (Å²) >= 11 is 0. The number of halogens is 1. The second-order valence-corrected chi connectivity index (χ2v) is 5.24. The number of rotatable bonds is 4. The lowest BCUT2D eigenvalue weighted by Gasteiger charge is -2.22. The van der Waals surface area contributed by atoms with Gasteiger partial charge in [-0.1, -0.05) is 43.2 Å². The fraction of sp³-hybridized carbons (Fsp3) is 0.562. The molecule has 0 saturated carbocycles. The van der Waals surface area contributed by atoms with Crippen LogP contribution in [0.5, 0.6) is 0 Å². The van der Waals surface area contributed by atoms with Crippen molar-refractivity contribution in [2.75, 3.05) is 26.7 Å². The Morgan fingerprint density at radius 1 is 1.19 bits per heavy atom. The van der Waals surface area contributed by atoms with Crippen LogP contribution in [0.1, 0.15) is 37.4 Å². The number of guanidine groups is 1. The summed E-state index contributed by atoms with van der Waals surface area (Å²) in [5.41, 5.74) is 7.26. The third-order valence-corrected chi connectivity index (χ3v) is 3.81. The van der Waals surface area contributed by atoms with E-state index in [0.717, 1.165) is 18.7 Å². The molecular weight excluding hydrogens is 377 g/mol. The number of aliphatic imine (C=N–C) groups is 1. The topological polar surface area (TPSA) is 50.9 Å². The van der Waals surface area contributed by atoms with Crippen LogP contribution in [0.2, 0.25) is 0 Å². The van der Waals surface area contributed by atoms with Gasteiger partial charge in [-0.05, 0) is 18.4 Å². The molecule has 1 fully saturated rings. The lowest BCUT2D eigenvalue weighted by Crippen LogP contribution is -2.38. The van der Waals surface area contributed by atoms with Crippen molar-refractivity contribution in [2.24, 2.45) is 10.7 Å². The fourth-order valence-corrected chi connectivity index (χ4v) is 2.56. The zero-order valence-corrected chi connectivity index (χ0v) is 15.0. The van der Waals surface area contributed by atoms with Crippen molar-refractivity contribution >= 4 is 29.9 Å². The molecule has 2 rings (SSSR count). The Balaban J connectivity index is 0.00000220. The smallest absolute Gasteiger partial charge is 0.191 e. The van der Waals surface area contributed by atoms with Gasteiger partial charge in [0.1, 0.15) is 6.10 Å². The van der Waals surface area contributed by atoms with E-state index in [1.165, 1.54) is 25.7 Å². The second-order valence-electron chi connectivity index (χ2n) is 5.24. The number of hydrogen-bond acceptors (Lipinski definition) is 2. The summed E-state index contributed by atoms with van der Waals surface area (Å²) in [6, 6.07) is 10.2. The van der Waals surface area contributed by atoms with Crippen LogP contribution in [0.4, 0.5) is 0 Å². The van der Waals surface area contributed by atoms with E-state index in [9.17, 15) is 0 Å². The number of hydrogen-bond donors (Lipinski definition) is 1. The van der Waals surface area contributed by atoms with Crippen molar-refractivity contribution in [3.8, 4) is 0 Å². The average Bonchev–Trinajstić information content (AvgIpc) is 2.78. The van der Waals surface area contributed by atoms with Gasteiger partial charge in [-0.25, -0.2) is 0 Å². The number of nitrogens with two attached hydrogens (primary N) is 1. The Morgan fingerprint density at radius 2 is 1.81 bits per heavy atom. The zero-order valence-electron chi connectivity index (χ0n) is 12.7. The number of benzene rings is 1. The van der Waals surface area contributed by atoms with E-state index < -0.39 is 0 Å². The molecule has 4 nitrogen and oxygen atoms in total. The van der Waals surface area contributed by atoms with Gasteiger partial charge in [0.2, 0.25) is 0 Å². The van der Waals surface area contributed by atoms with Crippen molar-refractivity contribution in [1.29, 1.82) is 0 Å². The molecule has 5 heteroatoms. The molecule has 0 aliphatic carbocycles. The number of nitrogens with zero attached hydrogens (tertiary/aromatic N) is 2. The Morgan fingerprint density at radius 3 is 2.38 bits per heavy atom. The summed E-state index contributed by atoms with van der Waals surface area (Å²) in [5.74, 6) is 0.657. The Hall–Kier alpha value is -0.820. The molecule has 0 amide bonds. The molecule has 0 spiro atoms. The first-order chi connectivity index (χ1) is 9.81. The summed E-state index contributed by atoms with van der Waals surface area (Å²) in [5, 5.41) is 0. The molecule has 0 bridgehead atoms. The summed E-state index contributed by atoms with van der Waals surface area (Å²) in [6.45, 7) is 2.62.